The average Bonchev–Trinajstić information content (AvgIpc) is 2.76. The maximum absolute atomic E-state index is 5.51. The Morgan fingerprint density at radius 1 is 1.03 bits per heavy atom. The third-order valence-corrected chi connectivity index (χ3v) is 7.77. The summed E-state index contributed by atoms with van der Waals surface area (Å²) in [5.41, 5.74) is 0.407. The normalized spacial score (nSPS) is 24.6. The van der Waals surface area contributed by atoms with Crippen LogP contribution in [0.5, 0.6) is 0 Å². The molecule has 170 valence electrons. The lowest BCUT2D eigenvalue weighted by Gasteiger charge is -2.48. The number of nitrogens with zero attached hydrogens (tertiary/aromatic N) is 3. The lowest BCUT2D eigenvalue weighted by molar-refractivity contribution is -0.00837. The highest BCUT2D eigenvalue weighted by Gasteiger charge is 2.38. The lowest BCUT2D eigenvalue weighted by Crippen LogP contribution is -2.61. The molecule has 2 N–H and O–H groups in total. The monoisotopic (exact) mass is 539 g/mol. The molecule has 0 unspecified atom stereocenters. The van der Waals surface area contributed by atoms with Crippen molar-refractivity contribution in [2.75, 3.05) is 71.0 Å². The standard InChI is InChI=1S/C21H41N5OS.HI/c1-20(2,25-9-13-27-14-10-25)17-23-19(22-3)24-18-21(7-5-4-6-8-21)26-11-15-28-16-12-26;/h4-18H2,1-3H3,(H2,22,23,24);1H. The van der Waals surface area contributed by atoms with Crippen molar-refractivity contribution in [1.29, 1.82) is 0 Å². The zero-order valence-electron chi connectivity index (χ0n) is 18.7. The van der Waals surface area contributed by atoms with Gasteiger partial charge in [-0.25, -0.2) is 0 Å². The van der Waals surface area contributed by atoms with Crippen LogP contribution in [0, 0.1) is 0 Å². The number of halogens is 1. The van der Waals surface area contributed by atoms with Gasteiger partial charge in [0.15, 0.2) is 5.96 Å². The number of hydrogen-bond acceptors (Lipinski definition) is 5. The van der Waals surface area contributed by atoms with E-state index in [1.807, 2.05) is 7.05 Å². The molecule has 2 heterocycles. The SMILES string of the molecule is CN=C(NCC(C)(C)N1CCOCC1)NCC1(N2CCSCC2)CCCCC1.I. The topological polar surface area (TPSA) is 52.1 Å². The Morgan fingerprint density at radius 2 is 1.69 bits per heavy atom. The zero-order valence-corrected chi connectivity index (χ0v) is 21.8. The molecule has 2 saturated heterocycles. The Hall–Kier alpha value is 0.230. The van der Waals surface area contributed by atoms with Crippen molar-refractivity contribution in [2.24, 2.45) is 4.99 Å². The second-order valence-corrected chi connectivity index (χ2v) is 10.3. The minimum atomic E-state index is 0. The molecule has 0 amide bonds. The summed E-state index contributed by atoms with van der Waals surface area (Å²) in [7, 11) is 1.89. The number of hydrogen-bond donors (Lipinski definition) is 2. The molecular weight excluding hydrogens is 497 g/mol. The second kappa shape index (κ2) is 12.3. The maximum atomic E-state index is 5.51. The minimum absolute atomic E-state index is 0. The first-order valence-corrected chi connectivity index (χ1v) is 12.3. The Labute approximate surface area is 199 Å². The molecule has 0 aromatic carbocycles. The largest absolute Gasteiger partial charge is 0.379 e. The number of rotatable bonds is 6. The van der Waals surface area contributed by atoms with E-state index in [4.69, 9.17) is 4.74 Å². The van der Waals surface area contributed by atoms with Crippen LogP contribution in [-0.4, -0.2) is 97.9 Å². The van der Waals surface area contributed by atoms with Crippen molar-refractivity contribution in [3.8, 4) is 0 Å². The first-order chi connectivity index (χ1) is 13.6. The predicted molar refractivity (Wildman–Crippen MR) is 136 cm³/mol. The summed E-state index contributed by atoms with van der Waals surface area (Å²) in [4.78, 5) is 9.82. The van der Waals surface area contributed by atoms with Crippen LogP contribution in [0.1, 0.15) is 46.0 Å². The van der Waals surface area contributed by atoms with Crippen molar-refractivity contribution in [3.05, 3.63) is 0 Å². The fourth-order valence-corrected chi connectivity index (χ4v) is 5.80. The number of aliphatic imine (C=N–C) groups is 1. The van der Waals surface area contributed by atoms with Crippen LogP contribution in [0.15, 0.2) is 4.99 Å². The molecule has 0 radical (unpaired) electrons. The molecular formula is C21H42IN5OS. The van der Waals surface area contributed by atoms with Gasteiger partial charge in [0.05, 0.1) is 13.2 Å². The number of nitrogens with one attached hydrogen (secondary N) is 2. The molecule has 3 rings (SSSR count). The van der Waals surface area contributed by atoms with Crippen LogP contribution < -0.4 is 10.6 Å². The average molecular weight is 540 g/mol. The van der Waals surface area contributed by atoms with Crippen molar-refractivity contribution in [1.82, 2.24) is 20.4 Å². The zero-order chi connectivity index (χ0) is 19.9. The van der Waals surface area contributed by atoms with Crippen LogP contribution in [0.25, 0.3) is 0 Å². The molecule has 8 heteroatoms. The van der Waals surface area contributed by atoms with E-state index in [2.05, 4.69) is 51.0 Å². The van der Waals surface area contributed by atoms with E-state index in [9.17, 15) is 0 Å². The van der Waals surface area contributed by atoms with Crippen molar-refractivity contribution in [2.45, 2.75) is 57.0 Å². The van der Waals surface area contributed by atoms with Gasteiger partial charge in [-0.05, 0) is 26.7 Å². The number of guanidine groups is 1. The Kier molecular flexibility index (Phi) is 10.8. The molecule has 1 saturated carbocycles. The van der Waals surface area contributed by atoms with Gasteiger partial charge in [0.2, 0.25) is 0 Å². The molecule has 0 aromatic rings. The van der Waals surface area contributed by atoms with Crippen LogP contribution >= 0.6 is 35.7 Å². The third kappa shape index (κ3) is 7.12. The van der Waals surface area contributed by atoms with E-state index in [0.29, 0.717) is 5.54 Å². The van der Waals surface area contributed by atoms with E-state index in [1.54, 1.807) is 0 Å². The molecule has 0 spiro atoms. The molecule has 0 bridgehead atoms. The Balaban J connectivity index is 0.00000300. The van der Waals surface area contributed by atoms with Crippen LogP contribution in [-0.2, 0) is 4.74 Å². The smallest absolute Gasteiger partial charge is 0.191 e. The quantitative estimate of drug-likeness (QED) is 0.308. The molecule has 29 heavy (non-hydrogen) atoms. The third-order valence-electron chi connectivity index (χ3n) is 6.83. The highest BCUT2D eigenvalue weighted by atomic mass is 127. The van der Waals surface area contributed by atoms with Gasteiger partial charge in [0.1, 0.15) is 0 Å². The predicted octanol–water partition coefficient (Wildman–Crippen LogP) is 2.63. The molecule has 3 aliphatic rings. The number of thioether (sulfide) groups is 1. The fourth-order valence-electron chi connectivity index (χ4n) is 4.90. The van der Waals surface area contributed by atoms with Gasteiger partial charge in [-0.3, -0.25) is 14.8 Å². The van der Waals surface area contributed by atoms with Gasteiger partial charge in [0, 0.05) is 68.9 Å². The van der Waals surface area contributed by atoms with Gasteiger partial charge >= 0.3 is 0 Å². The second-order valence-electron chi connectivity index (χ2n) is 9.08. The van der Waals surface area contributed by atoms with Crippen LogP contribution in [0.3, 0.4) is 0 Å². The molecule has 0 atom stereocenters. The Morgan fingerprint density at radius 3 is 2.31 bits per heavy atom. The lowest BCUT2D eigenvalue weighted by atomic mass is 9.80. The highest BCUT2D eigenvalue weighted by Crippen LogP contribution is 2.34. The summed E-state index contributed by atoms with van der Waals surface area (Å²) in [6.07, 6.45) is 6.76. The van der Waals surface area contributed by atoms with E-state index in [1.165, 1.54) is 56.7 Å². The molecule has 3 fully saturated rings. The Bertz CT molecular complexity index is 501. The summed E-state index contributed by atoms with van der Waals surface area (Å²) >= 11 is 2.10. The summed E-state index contributed by atoms with van der Waals surface area (Å²) in [6.45, 7) is 12.7. The first kappa shape index (κ1) is 25.5. The molecule has 6 nitrogen and oxygen atoms in total. The van der Waals surface area contributed by atoms with Crippen molar-refractivity contribution < 1.29 is 4.74 Å². The van der Waals surface area contributed by atoms with Gasteiger partial charge in [-0.1, -0.05) is 19.3 Å². The van der Waals surface area contributed by atoms with Crippen LogP contribution in [0.2, 0.25) is 0 Å². The fraction of sp³-hybridized carbons (Fsp3) is 0.952. The minimum Gasteiger partial charge on any atom is -0.379 e. The highest BCUT2D eigenvalue weighted by molar-refractivity contribution is 14.0. The molecule has 0 aromatic heterocycles. The van der Waals surface area contributed by atoms with Gasteiger partial charge < -0.3 is 15.4 Å². The van der Waals surface area contributed by atoms with E-state index >= 15 is 0 Å². The van der Waals surface area contributed by atoms with Crippen LogP contribution in [0.4, 0.5) is 0 Å². The van der Waals surface area contributed by atoms with E-state index in [0.717, 1.165) is 45.4 Å². The van der Waals surface area contributed by atoms with Crippen molar-refractivity contribution in [3.63, 3.8) is 0 Å². The first-order valence-electron chi connectivity index (χ1n) is 11.2. The number of ether oxygens (including phenoxy) is 1. The maximum Gasteiger partial charge on any atom is 0.191 e. The van der Waals surface area contributed by atoms with Gasteiger partial charge in [-0.15, -0.1) is 24.0 Å². The van der Waals surface area contributed by atoms with E-state index in [-0.39, 0.29) is 29.5 Å². The summed E-state index contributed by atoms with van der Waals surface area (Å²) in [6, 6.07) is 0. The van der Waals surface area contributed by atoms with Crippen molar-refractivity contribution >= 4 is 41.7 Å². The van der Waals surface area contributed by atoms with Gasteiger partial charge in [-0.2, -0.15) is 11.8 Å². The summed E-state index contributed by atoms with van der Waals surface area (Å²) in [5.74, 6) is 3.50. The summed E-state index contributed by atoms with van der Waals surface area (Å²) in [5, 5.41) is 7.30. The van der Waals surface area contributed by atoms with Gasteiger partial charge in [0.25, 0.3) is 0 Å². The molecule has 1 aliphatic carbocycles. The van der Waals surface area contributed by atoms with E-state index < -0.39 is 0 Å². The summed E-state index contributed by atoms with van der Waals surface area (Å²) < 4.78 is 5.51. The number of morpholine rings is 1. The molecule has 2 aliphatic heterocycles.